The van der Waals surface area contributed by atoms with Crippen LogP contribution in [0.3, 0.4) is 0 Å². The molecule has 0 saturated heterocycles. The summed E-state index contributed by atoms with van der Waals surface area (Å²) < 4.78 is 54.7. The fourth-order valence-electron chi connectivity index (χ4n) is 2.44. The molecular formula is C18H18F3NO4. The average molecular weight is 369 g/mol. The first kappa shape index (κ1) is 19.4. The fourth-order valence-corrected chi connectivity index (χ4v) is 2.44. The standard InChI is InChI=1S/C18H18F3NO4/c1-24-14-8-11(9-15(25-2)16(14)26-3)10-22-17(23)12-6-4-5-7-13(12)18(19,20)21/h4-9H,10H2,1-3H3,(H,22,23). The van der Waals surface area contributed by atoms with Crippen LogP contribution in [0.5, 0.6) is 17.2 Å². The van der Waals surface area contributed by atoms with Gasteiger partial charge >= 0.3 is 6.18 Å². The monoisotopic (exact) mass is 369 g/mol. The number of hydrogen-bond acceptors (Lipinski definition) is 4. The molecule has 2 rings (SSSR count). The van der Waals surface area contributed by atoms with Crippen LogP contribution in [0, 0.1) is 0 Å². The number of halogens is 3. The van der Waals surface area contributed by atoms with Gasteiger partial charge in [-0.2, -0.15) is 13.2 Å². The number of rotatable bonds is 6. The van der Waals surface area contributed by atoms with Crippen LogP contribution < -0.4 is 19.5 Å². The summed E-state index contributed by atoms with van der Waals surface area (Å²) in [7, 11) is 4.34. The minimum atomic E-state index is -4.61. The molecule has 0 aliphatic carbocycles. The second-order valence-corrected chi connectivity index (χ2v) is 5.26. The van der Waals surface area contributed by atoms with Gasteiger partial charge < -0.3 is 19.5 Å². The average Bonchev–Trinajstić information content (AvgIpc) is 2.64. The zero-order valence-electron chi connectivity index (χ0n) is 14.4. The Kier molecular flexibility index (Phi) is 5.97. The summed E-state index contributed by atoms with van der Waals surface area (Å²) in [6.45, 7) is -0.0122. The zero-order valence-corrected chi connectivity index (χ0v) is 14.4. The molecule has 0 spiro atoms. The number of ether oxygens (including phenoxy) is 3. The van der Waals surface area contributed by atoms with Crippen molar-refractivity contribution >= 4 is 5.91 Å². The summed E-state index contributed by atoms with van der Waals surface area (Å²) >= 11 is 0. The third-order valence-electron chi connectivity index (χ3n) is 3.65. The van der Waals surface area contributed by atoms with Crippen LogP contribution in [0.15, 0.2) is 36.4 Å². The SMILES string of the molecule is COc1cc(CNC(=O)c2ccccc2C(F)(F)F)cc(OC)c1OC. The van der Waals surface area contributed by atoms with Crippen molar-refractivity contribution in [3.05, 3.63) is 53.1 Å². The van der Waals surface area contributed by atoms with Gasteiger partial charge in [0.25, 0.3) is 5.91 Å². The molecule has 0 atom stereocenters. The van der Waals surface area contributed by atoms with Gasteiger partial charge in [0.15, 0.2) is 11.5 Å². The molecule has 0 saturated carbocycles. The van der Waals surface area contributed by atoms with Crippen molar-refractivity contribution in [2.45, 2.75) is 12.7 Å². The zero-order chi connectivity index (χ0) is 19.3. The number of methoxy groups -OCH3 is 3. The van der Waals surface area contributed by atoms with Gasteiger partial charge in [0.1, 0.15) is 0 Å². The van der Waals surface area contributed by atoms with E-state index in [4.69, 9.17) is 14.2 Å². The summed E-state index contributed by atoms with van der Waals surface area (Å²) in [5.41, 5.74) is -0.841. The quantitative estimate of drug-likeness (QED) is 0.844. The molecule has 2 aromatic rings. The lowest BCUT2D eigenvalue weighted by Crippen LogP contribution is -2.25. The summed E-state index contributed by atoms with van der Waals surface area (Å²) in [5, 5.41) is 2.48. The summed E-state index contributed by atoms with van der Waals surface area (Å²) in [6, 6.07) is 7.83. The van der Waals surface area contributed by atoms with Crippen molar-refractivity contribution in [2.75, 3.05) is 21.3 Å². The number of amides is 1. The van der Waals surface area contributed by atoms with Gasteiger partial charge in [-0.25, -0.2) is 0 Å². The second-order valence-electron chi connectivity index (χ2n) is 5.26. The molecule has 1 N–H and O–H groups in total. The van der Waals surface area contributed by atoms with E-state index < -0.39 is 23.2 Å². The number of carbonyl (C=O) groups is 1. The molecule has 1 amide bonds. The van der Waals surface area contributed by atoms with Gasteiger partial charge in [-0.1, -0.05) is 12.1 Å². The normalized spacial score (nSPS) is 11.0. The smallest absolute Gasteiger partial charge is 0.417 e. The molecule has 0 radical (unpaired) electrons. The minimum Gasteiger partial charge on any atom is -0.493 e. The van der Waals surface area contributed by atoms with Crippen molar-refractivity contribution in [3.63, 3.8) is 0 Å². The van der Waals surface area contributed by atoms with Crippen LogP contribution >= 0.6 is 0 Å². The molecular weight excluding hydrogens is 351 g/mol. The van der Waals surface area contributed by atoms with E-state index in [-0.39, 0.29) is 6.54 Å². The number of benzene rings is 2. The molecule has 0 aliphatic heterocycles. The Balaban J connectivity index is 2.23. The Hall–Kier alpha value is -2.90. The largest absolute Gasteiger partial charge is 0.493 e. The van der Waals surface area contributed by atoms with Gasteiger partial charge in [-0.05, 0) is 29.8 Å². The highest BCUT2D eigenvalue weighted by molar-refractivity contribution is 5.95. The molecule has 0 fully saturated rings. The van der Waals surface area contributed by atoms with E-state index >= 15 is 0 Å². The number of nitrogens with one attached hydrogen (secondary N) is 1. The van der Waals surface area contributed by atoms with E-state index in [1.807, 2.05) is 0 Å². The van der Waals surface area contributed by atoms with E-state index in [0.717, 1.165) is 12.1 Å². The van der Waals surface area contributed by atoms with E-state index in [0.29, 0.717) is 22.8 Å². The second kappa shape index (κ2) is 7.99. The van der Waals surface area contributed by atoms with Gasteiger partial charge in [-0.15, -0.1) is 0 Å². The Morgan fingerprint density at radius 2 is 1.58 bits per heavy atom. The number of carbonyl (C=O) groups excluding carboxylic acids is 1. The highest BCUT2D eigenvalue weighted by atomic mass is 19.4. The minimum absolute atomic E-state index is 0.0122. The molecule has 0 unspecified atom stereocenters. The summed E-state index contributed by atoms with van der Waals surface area (Å²) in [6.07, 6.45) is -4.61. The lowest BCUT2D eigenvalue weighted by Gasteiger charge is -2.15. The van der Waals surface area contributed by atoms with E-state index in [1.54, 1.807) is 12.1 Å². The Bertz CT molecular complexity index is 765. The number of hydrogen-bond donors (Lipinski definition) is 1. The first-order valence-electron chi connectivity index (χ1n) is 7.55. The van der Waals surface area contributed by atoms with Crippen molar-refractivity contribution < 1.29 is 32.2 Å². The van der Waals surface area contributed by atoms with Gasteiger partial charge in [0, 0.05) is 6.54 Å². The maximum Gasteiger partial charge on any atom is 0.417 e. The Labute approximate surface area is 148 Å². The van der Waals surface area contributed by atoms with Crippen molar-refractivity contribution in [3.8, 4) is 17.2 Å². The van der Waals surface area contributed by atoms with Crippen LogP contribution in [-0.4, -0.2) is 27.2 Å². The summed E-state index contributed by atoms with van der Waals surface area (Å²) in [4.78, 5) is 12.2. The predicted molar refractivity (Wildman–Crippen MR) is 88.7 cm³/mol. The third kappa shape index (κ3) is 4.19. The van der Waals surface area contributed by atoms with E-state index in [1.165, 1.54) is 33.5 Å². The van der Waals surface area contributed by atoms with Gasteiger partial charge in [0.2, 0.25) is 5.75 Å². The van der Waals surface area contributed by atoms with Crippen LogP contribution in [0.4, 0.5) is 13.2 Å². The first-order chi connectivity index (χ1) is 12.3. The highest BCUT2D eigenvalue weighted by Gasteiger charge is 2.34. The third-order valence-corrected chi connectivity index (χ3v) is 3.65. The summed E-state index contributed by atoms with van der Waals surface area (Å²) in [5.74, 6) is 0.317. The molecule has 5 nitrogen and oxygen atoms in total. The van der Waals surface area contributed by atoms with Crippen molar-refractivity contribution in [1.82, 2.24) is 5.32 Å². The van der Waals surface area contributed by atoms with Crippen LogP contribution in [0.2, 0.25) is 0 Å². The molecule has 2 aromatic carbocycles. The Morgan fingerprint density at radius 1 is 1.00 bits per heavy atom. The highest BCUT2D eigenvalue weighted by Crippen LogP contribution is 2.38. The Morgan fingerprint density at radius 3 is 2.08 bits per heavy atom. The number of alkyl halides is 3. The maximum atomic E-state index is 13.0. The van der Waals surface area contributed by atoms with E-state index in [2.05, 4.69) is 5.32 Å². The van der Waals surface area contributed by atoms with Crippen LogP contribution in [0.1, 0.15) is 21.5 Å². The molecule has 0 aromatic heterocycles. The lowest BCUT2D eigenvalue weighted by atomic mass is 10.1. The first-order valence-corrected chi connectivity index (χ1v) is 7.55. The maximum absolute atomic E-state index is 13.0. The van der Waals surface area contributed by atoms with Crippen LogP contribution in [-0.2, 0) is 12.7 Å². The topological polar surface area (TPSA) is 56.8 Å². The van der Waals surface area contributed by atoms with Crippen molar-refractivity contribution in [2.24, 2.45) is 0 Å². The molecule has 0 bridgehead atoms. The van der Waals surface area contributed by atoms with Gasteiger partial charge in [0.05, 0.1) is 32.5 Å². The molecule has 0 aliphatic rings. The van der Waals surface area contributed by atoms with E-state index in [9.17, 15) is 18.0 Å². The van der Waals surface area contributed by atoms with Crippen LogP contribution in [0.25, 0.3) is 0 Å². The molecule has 8 heteroatoms. The predicted octanol–water partition coefficient (Wildman–Crippen LogP) is 3.66. The molecule has 26 heavy (non-hydrogen) atoms. The molecule has 140 valence electrons. The van der Waals surface area contributed by atoms with Gasteiger partial charge in [-0.3, -0.25) is 4.79 Å². The lowest BCUT2D eigenvalue weighted by molar-refractivity contribution is -0.137. The fraction of sp³-hybridized carbons (Fsp3) is 0.278. The molecule has 0 heterocycles. The van der Waals surface area contributed by atoms with Crippen molar-refractivity contribution in [1.29, 1.82) is 0 Å².